The van der Waals surface area contributed by atoms with Crippen molar-refractivity contribution in [3.63, 3.8) is 0 Å². The summed E-state index contributed by atoms with van der Waals surface area (Å²) in [5, 5.41) is 14.9. The van der Waals surface area contributed by atoms with E-state index in [9.17, 15) is 9.59 Å². The van der Waals surface area contributed by atoms with Crippen LogP contribution in [0.5, 0.6) is 5.75 Å². The number of piperidine rings is 1. The number of methoxy groups -OCH3 is 2. The Hall–Kier alpha value is -6.88. The van der Waals surface area contributed by atoms with Crippen LogP contribution in [0.3, 0.4) is 0 Å². The summed E-state index contributed by atoms with van der Waals surface area (Å²) in [6, 6.07) is 30.8. The van der Waals surface area contributed by atoms with Gasteiger partial charge < -0.3 is 41.6 Å². The number of nitrogens with two attached hydrogens (primary N) is 2. The van der Waals surface area contributed by atoms with Crippen LogP contribution < -0.4 is 37.5 Å². The second-order valence-electron chi connectivity index (χ2n) is 18.2. The Morgan fingerprint density at radius 2 is 1.40 bits per heavy atom. The number of hydrogen-bond donors (Lipinski definition) is 6. The van der Waals surface area contributed by atoms with E-state index in [1.54, 1.807) is 26.6 Å². The summed E-state index contributed by atoms with van der Waals surface area (Å²) in [6.45, 7) is 12.5. The zero-order valence-electron chi connectivity index (χ0n) is 40.7. The van der Waals surface area contributed by atoms with Crippen LogP contribution in [0.1, 0.15) is 67.9 Å². The minimum atomic E-state index is -0.682. The molecule has 70 heavy (non-hydrogen) atoms. The molecule has 9 rings (SSSR count). The number of likely N-dealkylation sites (tertiary alicyclic amines) is 1. The first-order chi connectivity index (χ1) is 34.0. The zero-order valence-corrected chi connectivity index (χ0v) is 40.7. The average molecular weight is 947 g/mol. The maximum absolute atomic E-state index is 12.3. The maximum atomic E-state index is 12.3. The fraction of sp³-hybridized carbons (Fsp3) is 0.345. The number of amides is 2. The first-order valence-electron chi connectivity index (χ1n) is 24.1. The minimum absolute atomic E-state index is 0.337. The smallest absolute Gasteiger partial charge is 0.252 e. The van der Waals surface area contributed by atoms with Gasteiger partial charge in [-0.2, -0.15) is 0 Å². The van der Waals surface area contributed by atoms with E-state index in [4.69, 9.17) is 25.7 Å². The summed E-state index contributed by atoms with van der Waals surface area (Å²) in [5.41, 5.74) is 21.4. The maximum Gasteiger partial charge on any atom is 0.252 e. The molecule has 0 bridgehead atoms. The number of aryl methyl sites for hydroxylation is 2. The van der Waals surface area contributed by atoms with Crippen LogP contribution in [0.25, 0.3) is 17.0 Å². The molecule has 15 heteroatoms. The molecular formula is C55H66N10O5. The predicted octanol–water partition coefficient (Wildman–Crippen LogP) is 7.93. The lowest BCUT2D eigenvalue weighted by molar-refractivity contribution is 0.000611. The third-order valence-electron chi connectivity index (χ3n) is 13.4. The lowest BCUT2D eigenvalue weighted by Gasteiger charge is -2.35. The molecule has 366 valence electrons. The Morgan fingerprint density at radius 3 is 2.04 bits per heavy atom. The third-order valence-corrected chi connectivity index (χ3v) is 13.4. The van der Waals surface area contributed by atoms with Crippen LogP contribution in [0.4, 0.5) is 28.4 Å². The molecular weight excluding hydrogens is 881 g/mol. The van der Waals surface area contributed by atoms with Gasteiger partial charge in [0.25, 0.3) is 11.8 Å². The number of rotatable bonds is 17. The molecule has 3 aliphatic rings. The van der Waals surface area contributed by atoms with Crippen LogP contribution in [0.15, 0.2) is 109 Å². The monoisotopic (exact) mass is 947 g/mol. The zero-order chi connectivity index (χ0) is 49.0. The molecule has 1 aliphatic carbocycles. The van der Waals surface area contributed by atoms with E-state index in [1.807, 2.05) is 86.7 Å². The van der Waals surface area contributed by atoms with E-state index < -0.39 is 17.5 Å². The standard InChI is InChI=1S/C30H33N5O2.C25H33N5O3/c1-20-8-6-7-11-25(20)34-29-23-16-28(37-2)27(17-26(23)32-18-24(29)30(31)36)33-22-12-14-35(15-13-22)19-21-9-4-3-5-10-21;1-18-6-3-4-7-21(18)29-23-19-16-25(32-2,9-8-22(19)27-17-20(23)24(26)31)28-10-5-11-30-12-14-33-15-13-30/h3-11,16-18,22,33H,12-15,19H2,1-2H3,(H2,31,36)(H,32,34);3-4,6-9,17,28H,5,10-16H2,1-2H3,(H2,26,31)(H,27,29). The normalized spacial score (nSPS) is 17.3. The summed E-state index contributed by atoms with van der Waals surface area (Å²) < 4.78 is 17.2. The molecule has 4 heterocycles. The van der Waals surface area contributed by atoms with E-state index in [1.165, 1.54) is 5.56 Å². The summed E-state index contributed by atoms with van der Waals surface area (Å²) in [5.74, 6) is -0.346. The van der Waals surface area contributed by atoms with Crippen molar-refractivity contribution in [1.82, 2.24) is 25.1 Å². The first-order valence-corrected chi connectivity index (χ1v) is 24.1. The van der Waals surface area contributed by atoms with Gasteiger partial charge in [0, 0.05) is 87.0 Å². The van der Waals surface area contributed by atoms with Crippen molar-refractivity contribution in [2.75, 3.05) is 82.7 Å². The van der Waals surface area contributed by atoms with Gasteiger partial charge in [-0.3, -0.25) is 34.7 Å². The topological polar surface area (TPSA) is 194 Å². The SMILES string of the molecule is COC1(NCCCN2CCOCC2)C=Cc2ncc(C(N)=O)c(Nc3ccccc3C)c2C1.COc1cc2c(Nc3ccccc3C)c(C(N)=O)cnc2cc1NC1CCN(Cc2ccccc2)CC1. The van der Waals surface area contributed by atoms with Crippen molar-refractivity contribution in [2.24, 2.45) is 11.5 Å². The number of hydrogen-bond acceptors (Lipinski definition) is 13. The minimum Gasteiger partial charge on any atom is -0.495 e. The summed E-state index contributed by atoms with van der Waals surface area (Å²) in [4.78, 5) is 38.5. The molecule has 6 aromatic rings. The van der Waals surface area contributed by atoms with E-state index in [2.05, 4.69) is 71.4 Å². The highest BCUT2D eigenvalue weighted by Gasteiger charge is 2.34. The number of morpholine rings is 1. The summed E-state index contributed by atoms with van der Waals surface area (Å²) >= 11 is 0. The van der Waals surface area contributed by atoms with Crippen molar-refractivity contribution in [2.45, 2.75) is 57.8 Å². The van der Waals surface area contributed by atoms with Gasteiger partial charge >= 0.3 is 0 Å². The Kier molecular flexibility index (Phi) is 16.4. The molecule has 2 saturated heterocycles. The highest BCUT2D eigenvalue weighted by molar-refractivity contribution is 6.08. The molecule has 0 radical (unpaired) electrons. The number of nitrogens with one attached hydrogen (secondary N) is 4. The first kappa shape index (κ1) is 49.5. The van der Waals surface area contributed by atoms with Gasteiger partial charge in [0.15, 0.2) is 0 Å². The van der Waals surface area contributed by atoms with Crippen LogP contribution in [-0.2, 0) is 22.4 Å². The number of primary amides is 2. The average Bonchev–Trinajstić information content (AvgIpc) is 3.38. The Morgan fingerprint density at radius 1 is 0.771 bits per heavy atom. The molecule has 8 N–H and O–H groups in total. The molecule has 2 amide bonds. The number of anilines is 5. The second kappa shape index (κ2) is 23.2. The number of carbonyl (C=O) groups is 2. The number of aromatic nitrogens is 2. The van der Waals surface area contributed by atoms with Gasteiger partial charge in [-0.25, -0.2) is 0 Å². The van der Waals surface area contributed by atoms with Crippen molar-refractivity contribution in [1.29, 1.82) is 0 Å². The van der Waals surface area contributed by atoms with E-state index in [-0.39, 0.29) is 0 Å². The van der Waals surface area contributed by atoms with Crippen LogP contribution in [-0.4, -0.2) is 110 Å². The predicted molar refractivity (Wildman–Crippen MR) is 279 cm³/mol. The number of pyridine rings is 2. The number of fused-ring (bicyclic) bond motifs is 2. The number of para-hydroxylation sites is 2. The molecule has 1 unspecified atom stereocenters. The largest absolute Gasteiger partial charge is 0.495 e. The van der Waals surface area contributed by atoms with E-state index in [0.717, 1.165) is 129 Å². The van der Waals surface area contributed by atoms with Crippen LogP contribution in [0, 0.1) is 13.8 Å². The highest BCUT2D eigenvalue weighted by atomic mass is 16.5. The van der Waals surface area contributed by atoms with Crippen molar-refractivity contribution in [3.05, 3.63) is 149 Å². The Bertz CT molecular complexity index is 2790. The quantitative estimate of drug-likeness (QED) is 0.0382. The Balaban J connectivity index is 0.000000190. The van der Waals surface area contributed by atoms with Gasteiger partial charge in [0.05, 0.1) is 59.7 Å². The van der Waals surface area contributed by atoms with Crippen molar-refractivity contribution < 1.29 is 23.8 Å². The number of ether oxygens (including phenoxy) is 3. The van der Waals surface area contributed by atoms with Gasteiger partial charge in [-0.1, -0.05) is 66.7 Å². The van der Waals surface area contributed by atoms with E-state index >= 15 is 0 Å². The van der Waals surface area contributed by atoms with Gasteiger partial charge in [0.2, 0.25) is 0 Å². The fourth-order valence-electron chi connectivity index (χ4n) is 9.33. The third kappa shape index (κ3) is 12.1. The fourth-order valence-corrected chi connectivity index (χ4v) is 9.33. The molecule has 2 fully saturated rings. The lowest BCUT2D eigenvalue weighted by atomic mass is 9.91. The second-order valence-corrected chi connectivity index (χ2v) is 18.2. The van der Waals surface area contributed by atoms with Crippen LogP contribution >= 0.6 is 0 Å². The molecule has 4 aromatic carbocycles. The highest BCUT2D eigenvalue weighted by Crippen LogP contribution is 2.38. The molecule has 2 aromatic heterocycles. The molecule has 1 atom stereocenters. The Labute approximate surface area is 411 Å². The molecule has 0 spiro atoms. The number of nitrogens with zero attached hydrogens (tertiary/aromatic N) is 4. The van der Waals surface area contributed by atoms with Crippen LogP contribution in [0.2, 0.25) is 0 Å². The van der Waals surface area contributed by atoms with Gasteiger partial charge in [-0.05, 0) is 99.3 Å². The molecule has 15 nitrogen and oxygen atoms in total. The van der Waals surface area contributed by atoms with Gasteiger partial charge in [0.1, 0.15) is 11.5 Å². The van der Waals surface area contributed by atoms with E-state index in [0.29, 0.717) is 40.7 Å². The summed E-state index contributed by atoms with van der Waals surface area (Å²) in [6.07, 6.45) is 10.7. The molecule has 2 aliphatic heterocycles. The lowest BCUT2D eigenvalue weighted by Crippen LogP contribution is -2.49. The number of carbonyl (C=O) groups excluding carboxylic acids is 2. The van der Waals surface area contributed by atoms with Crippen molar-refractivity contribution in [3.8, 4) is 5.75 Å². The van der Waals surface area contributed by atoms with Crippen molar-refractivity contribution >= 4 is 57.2 Å². The summed E-state index contributed by atoms with van der Waals surface area (Å²) in [7, 11) is 3.36. The van der Waals surface area contributed by atoms with Gasteiger partial charge in [-0.15, -0.1) is 0 Å². The molecule has 0 saturated carbocycles. The number of benzene rings is 4.